The maximum atomic E-state index is 5.82. The van der Waals surface area contributed by atoms with Crippen LogP contribution in [0.15, 0.2) is 0 Å². The largest absolute Gasteiger partial charge is 0.396 e. The number of rotatable bonds is 7. The van der Waals surface area contributed by atoms with E-state index in [1.807, 2.05) is 0 Å². The fourth-order valence-corrected chi connectivity index (χ4v) is 7.65. The lowest BCUT2D eigenvalue weighted by atomic mass is 10.5. The molecule has 0 aromatic carbocycles. The SMILES string of the molecule is [BH3-]P(C[P+](=C)CP(=C)(C)C)OCCC. The van der Waals surface area contributed by atoms with Crippen LogP contribution in [0.25, 0.3) is 0 Å². The first kappa shape index (κ1) is 14.9. The molecular weight excluding hydrogens is 228 g/mol. The van der Waals surface area contributed by atoms with Crippen molar-refractivity contribution in [3.63, 3.8) is 0 Å². The molecule has 0 aliphatic rings. The van der Waals surface area contributed by atoms with E-state index in [-0.39, 0.29) is 15.6 Å². The van der Waals surface area contributed by atoms with Crippen LogP contribution in [0.4, 0.5) is 0 Å². The fraction of sp³-hybridized carbons (Fsp3) is 0.778. The van der Waals surface area contributed by atoms with E-state index < -0.39 is 6.89 Å². The highest BCUT2D eigenvalue weighted by atomic mass is 31.2. The summed E-state index contributed by atoms with van der Waals surface area (Å²) in [5, 5.41) is 0. The Labute approximate surface area is 92.6 Å². The maximum absolute atomic E-state index is 5.82. The van der Waals surface area contributed by atoms with Gasteiger partial charge in [-0.15, -0.1) is 8.03 Å². The van der Waals surface area contributed by atoms with E-state index >= 15 is 0 Å². The highest BCUT2D eigenvalue weighted by Gasteiger charge is 2.13. The normalized spacial score (nSPS) is 15.3. The Morgan fingerprint density at radius 2 is 2.07 bits per heavy atom. The molecule has 0 aromatic rings. The third kappa shape index (κ3) is 9.48. The van der Waals surface area contributed by atoms with Crippen molar-refractivity contribution < 1.29 is 4.52 Å². The Morgan fingerprint density at radius 1 is 1.50 bits per heavy atom. The van der Waals surface area contributed by atoms with Crippen LogP contribution in [0.5, 0.6) is 0 Å². The van der Waals surface area contributed by atoms with Gasteiger partial charge in [0.25, 0.3) is 0 Å². The molecule has 1 nitrogen and oxygen atoms in total. The van der Waals surface area contributed by atoms with Crippen LogP contribution in [0, 0.1) is 0 Å². The van der Waals surface area contributed by atoms with Crippen LogP contribution < -0.4 is 0 Å². The van der Waals surface area contributed by atoms with Crippen LogP contribution in [0.1, 0.15) is 13.3 Å². The van der Waals surface area contributed by atoms with Crippen LogP contribution in [-0.2, 0) is 4.52 Å². The topological polar surface area (TPSA) is 9.23 Å². The quantitative estimate of drug-likeness (QED) is 0.500. The standard InChI is InChI=1S/C9H24BOP3/c1-6-7-11-13(10)8-12(2)9-14(3,4)5/h2-3,6-9H2,1,4-5,10H3. The van der Waals surface area contributed by atoms with Crippen molar-refractivity contribution in [1.82, 2.24) is 0 Å². The lowest BCUT2D eigenvalue weighted by molar-refractivity contribution is 0.360. The van der Waals surface area contributed by atoms with E-state index in [0.29, 0.717) is 7.57 Å². The van der Waals surface area contributed by atoms with Crippen LogP contribution in [0.3, 0.4) is 0 Å². The summed E-state index contributed by atoms with van der Waals surface area (Å²) in [7, 11) is 0.394. The Morgan fingerprint density at radius 3 is 2.50 bits per heavy atom. The van der Waals surface area contributed by atoms with E-state index in [2.05, 4.69) is 32.9 Å². The number of hydrogen-bond donors (Lipinski definition) is 0. The zero-order valence-corrected chi connectivity index (χ0v) is 11.7. The van der Waals surface area contributed by atoms with Gasteiger partial charge >= 0.3 is 0 Å². The summed E-state index contributed by atoms with van der Waals surface area (Å²) in [5.74, 6) is 2.60. The van der Waals surface area contributed by atoms with Gasteiger partial charge in [-0.25, -0.2) is 0 Å². The second-order valence-corrected chi connectivity index (χ2v) is 11.8. The predicted molar refractivity (Wildman–Crippen MR) is 82.8 cm³/mol. The summed E-state index contributed by atoms with van der Waals surface area (Å²) in [5.41, 5.74) is 0. The van der Waals surface area contributed by atoms with Crippen molar-refractivity contribution in [3.05, 3.63) is 0 Å². The Bertz CT molecular complexity index is 224. The molecule has 0 rings (SSSR count). The number of hydrogen-bond acceptors (Lipinski definition) is 1. The van der Waals surface area contributed by atoms with E-state index in [1.165, 1.54) is 11.8 Å². The molecule has 0 radical (unpaired) electrons. The van der Waals surface area contributed by atoms with E-state index in [4.69, 9.17) is 4.52 Å². The van der Waals surface area contributed by atoms with Gasteiger partial charge in [0.05, 0.1) is 13.8 Å². The Kier molecular flexibility index (Phi) is 7.72. The molecule has 0 amide bonds. The van der Waals surface area contributed by atoms with Crippen molar-refractivity contribution in [2.75, 3.05) is 31.7 Å². The maximum Gasteiger partial charge on any atom is 0.123 e. The molecule has 0 N–H and O–H groups in total. The van der Waals surface area contributed by atoms with Gasteiger partial charge in [0.2, 0.25) is 0 Å². The minimum Gasteiger partial charge on any atom is -0.396 e. The molecular formula is C9H24BOP3. The second-order valence-electron chi connectivity index (χ2n) is 3.85. The highest BCUT2D eigenvalue weighted by molar-refractivity contribution is 7.90. The van der Waals surface area contributed by atoms with Gasteiger partial charge in [-0.1, -0.05) is 20.1 Å². The molecule has 2 atom stereocenters. The molecule has 84 valence electrons. The van der Waals surface area contributed by atoms with Crippen molar-refractivity contribution in [1.29, 1.82) is 0 Å². The van der Waals surface area contributed by atoms with Gasteiger partial charge in [0, 0.05) is 14.2 Å². The fourth-order valence-electron chi connectivity index (χ4n) is 0.864. The molecule has 0 spiro atoms. The first-order valence-corrected chi connectivity index (χ1v) is 10.4. The second kappa shape index (κ2) is 7.24. The highest BCUT2D eigenvalue weighted by Crippen LogP contribution is 2.50. The molecule has 0 saturated carbocycles. The van der Waals surface area contributed by atoms with Crippen molar-refractivity contribution >= 4 is 42.6 Å². The third-order valence-electron chi connectivity index (χ3n) is 1.23. The minimum atomic E-state index is -0.855. The lowest BCUT2D eigenvalue weighted by Crippen LogP contribution is -1.91. The Hall–Kier alpha value is 0.925. The van der Waals surface area contributed by atoms with Gasteiger partial charge in [-0.3, -0.25) is 0 Å². The first-order valence-electron chi connectivity index (χ1n) is 4.47. The van der Waals surface area contributed by atoms with Crippen LogP contribution >= 0.6 is 22.5 Å². The monoisotopic (exact) mass is 252 g/mol. The zero-order valence-electron chi connectivity index (χ0n) is 8.99. The molecule has 5 heteroatoms. The predicted octanol–water partition coefficient (Wildman–Crippen LogP) is 2.63. The first-order chi connectivity index (χ1) is 6.35. The summed E-state index contributed by atoms with van der Waals surface area (Å²) in [6.45, 7) is 6.92. The molecule has 0 bridgehead atoms. The van der Waals surface area contributed by atoms with E-state index in [9.17, 15) is 0 Å². The van der Waals surface area contributed by atoms with Gasteiger partial charge in [0.1, 0.15) is 11.8 Å². The molecule has 2 unspecified atom stereocenters. The van der Waals surface area contributed by atoms with Crippen molar-refractivity contribution in [3.8, 4) is 0 Å². The molecule has 0 aliphatic carbocycles. The summed E-state index contributed by atoms with van der Waals surface area (Å²) < 4.78 is 5.82. The van der Waals surface area contributed by atoms with Gasteiger partial charge in [0.15, 0.2) is 0 Å². The average Bonchev–Trinajstić information content (AvgIpc) is 1.96. The molecule has 0 fully saturated rings. The van der Waals surface area contributed by atoms with E-state index in [1.54, 1.807) is 0 Å². The van der Waals surface area contributed by atoms with Gasteiger partial charge < -0.3 is 4.52 Å². The lowest BCUT2D eigenvalue weighted by Gasteiger charge is -2.16. The molecule has 0 heterocycles. The molecule has 14 heavy (non-hydrogen) atoms. The van der Waals surface area contributed by atoms with Crippen LogP contribution in [-0.4, -0.2) is 51.9 Å². The van der Waals surface area contributed by atoms with Gasteiger partial charge in [-0.2, -0.15) is 0 Å². The van der Waals surface area contributed by atoms with Crippen molar-refractivity contribution in [2.45, 2.75) is 13.3 Å². The summed E-state index contributed by atoms with van der Waals surface area (Å²) in [6.07, 6.45) is 9.71. The third-order valence-corrected chi connectivity index (χ3v) is 8.32. The summed E-state index contributed by atoms with van der Waals surface area (Å²) >= 11 is 0. The van der Waals surface area contributed by atoms with E-state index in [0.717, 1.165) is 13.0 Å². The molecule has 0 aliphatic heterocycles. The summed E-state index contributed by atoms with van der Waals surface area (Å²) in [6, 6.07) is 0. The van der Waals surface area contributed by atoms with Crippen LogP contribution in [0.2, 0.25) is 0 Å². The zero-order chi connectivity index (χ0) is 11.2. The molecule has 0 saturated heterocycles. The average molecular weight is 252 g/mol. The van der Waals surface area contributed by atoms with Crippen molar-refractivity contribution in [2.24, 2.45) is 0 Å². The van der Waals surface area contributed by atoms with Gasteiger partial charge in [-0.05, 0) is 19.8 Å². The molecule has 0 aromatic heterocycles. The summed E-state index contributed by atoms with van der Waals surface area (Å²) in [4.78, 5) is 0. The Balaban J connectivity index is 3.77. The minimum absolute atomic E-state index is 0.0214. The smallest absolute Gasteiger partial charge is 0.123 e.